The number of Topliss-reactive ketones (excluding diaryl/α,β-unsaturated/α-hetero) is 1. The van der Waals surface area contributed by atoms with Gasteiger partial charge in [0.05, 0.1) is 18.3 Å². The predicted molar refractivity (Wildman–Crippen MR) is 190 cm³/mol. The lowest BCUT2D eigenvalue weighted by Crippen LogP contribution is -2.59. The number of alkyl carbamates (subject to hydrolysis) is 1. The first-order chi connectivity index (χ1) is 23.7. The van der Waals surface area contributed by atoms with Gasteiger partial charge in [0, 0.05) is 40.8 Å². The van der Waals surface area contributed by atoms with Crippen LogP contribution in [0.15, 0.2) is 46.9 Å². The number of carbonyl (C=O) groups is 5. The van der Waals surface area contributed by atoms with Crippen LogP contribution in [0.1, 0.15) is 83.6 Å². The van der Waals surface area contributed by atoms with E-state index in [2.05, 4.69) is 21.1 Å². The number of hydrogen-bond donors (Lipinski definition) is 3. The molecule has 14 heteroatoms. The topological polar surface area (TPSA) is 156 Å². The highest BCUT2D eigenvalue weighted by molar-refractivity contribution is 7.09. The molecule has 3 N–H and O–H groups in total. The van der Waals surface area contributed by atoms with E-state index in [4.69, 9.17) is 21.2 Å². The second kappa shape index (κ2) is 15.5. The maximum atomic E-state index is 14.5. The van der Waals surface area contributed by atoms with Crippen molar-refractivity contribution in [2.24, 2.45) is 10.6 Å². The van der Waals surface area contributed by atoms with Gasteiger partial charge in [-0.3, -0.25) is 19.2 Å². The summed E-state index contributed by atoms with van der Waals surface area (Å²) in [6.07, 6.45) is 2.09. The van der Waals surface area contributed by atoms with E-state index in [1.807, 2.05) is 51.3 Å². The molecule has 2 aromatic rings. The zero-order chi connectivity index (χ0) is 36.2. The number of nitrogens with zero attached hydrogens (tertiary/aromatic N) is 2. The lowest BCUT2D eigenvalue weighted by Gasteiger charge is -2.35. The summed E-state index contributed by atoms with van der Waals surface area (Å²) in [6, 6.07) is 7.80. The number of rotatable bonds is 13. The summed E-state index contributed by atoms with van der Waals surface area (Å²) in [7, 11) is 0. The molecule has 0 bridgehead atoms. The quantitative estimate of drug-likeness (QED) is 0.251. The molecule has 1 unspecified atom stereocenters. The van der Waals surface area contributed by atoms with Crippen molar-refractivity contribution in [3.63, 3.8) is 0 Å². The number of nitrogens with one attached hydrogen (secondary N) is 3. The summed E-state index contributed by atoms with van der Waals surface area (Å²) >= 11 is 7.80. The number of carbonyl (C=O) groups excluding carboxylic acids is 5. The van der Waals surface area contributed by atoms with E-state index in [9.17, 15) is 24.0 Å². The molecule has 50 heavy (non-hydrogen) atoms. The molecular weight excluding hydrogens is 682 g/mol. The van der Waals surface area contributed by atoms with E-state index >= 15 is 0 Å². The largest absolute Gasteiger partial charge is 0.446 e. The summed E-state index contributed by atoms with van der Waals surface area (Å²) in [4.78, 5) is 76.2. The van der Waals surface area contributed by atoms with Crippen LogP contribution in [0, 0.1) is 5.41 Å². The molecule has 0 radical (unpaired) electrons. The van der Waals surface area contributed by atoms with Crippen LogP contribution in [0.25, 0.3) is 0 Å². The van der Waals surface area contributed by atoms with Crippen molar-refractivity contribution in [1.82, 2.24) is 20.9 Å². The first kappa shape index (κ1) is 37.3. The van der Waals surface area contributed by atoms with Crippen LogP contribution in [0.4, 0.5) is 4.79 Å². The number of ether oxygens (including phenoxy) is 1. The van der Waals surface area contributed by atoms with Crippen LogP contribution >= 0.6 is 22.9 Å². The lowest BCUT2D eigenvalue weighted by atomic mass is 9.85. The molecule has 1 aromatic heterocycles. The van der Waals surface area contributed by atoms with Gasteiger partial charge in [-0.15, -0.1) is 11.3 Å². The summed E-state index contributed by atoms with van der Waals surface area (Å²) in [6.45, 7) is 9.06. The maximum absolute atomic E-state index is 14.5. The van der Waals surface area contributed by atoms with E-state index in [-0.39, 0.29) is 31.8 Å². The molecule has 1 saturated heterocycles. The number of ketones is 1. The molecule has 270 valence electrons. The highest BCUT2D eigenvalue weighted by Crippen LogP contribution is 2.40. The van der Waals surface area contributed by atoms with Crippen molar-refractivity contribution in [3.8, 4) is 0 Å². The summed E-state index contributed by atoms with van der Waals surface area (Å²) in [5.74, 6) is -2.57. The Hall–Kier alpha value is -3.97. The van der Waals surface area contributed by atoms with Gasteiger partial charge in [0.15, 0.2) is 5.60 Å². The molecule has 3 aliphatic rings. The summed E-state index contributed by atoms with van der Waals surface area (Å²) in [5.41, 5.74) is -0.472. The molecule has 1 aromatic carbocycles. The zero-order valence-electron chi connectivity index (χ0n) is 29.1. The standard InChI is InChI=1S/C36H46ClN5O7S/c1-6-9-26(29(43)32(45)38-24-13-14-24)39-31(44)28-19-36(18-27(41-49-36)22-10-7-11-23(37)17-22)20-42(28)33(46)30(35(3,4)5)40-34(47)48-21(2)16-25-12-8-15-50-25/h7-8,10-12,15,17,21,24,26,28,30H,6,9,13-14,16,18-20H2,1-5H3,(H,38,45)(H,39,44)(H,40,47)/t21?,26-,28-,30+,36+/m0/s1. The third kappa shape index (κ3) is 9.22. The van der Waals surface area contributed by atoms with Crippen molar-refractivity contribution in [2.45, 2.75) is 115 Å². The molecule has 3 heterocycles. The molecule has 12 nitrogen and oxygen atoms in total. The van der Waals surface area contributed by atoms with E-state index in [1.165, 1.54) is 4.90 Å². The Morgan fingerprint density at radius 1 is 1.14 bits per heavy atom. The Balaban J connectivity index is 1.37. The molecule has 1 aliphatic carbocycles. The van der Waals surface area contributed by atoms with Gasteiger partial charge in [-0.25, -0.2) is 4.79 Å². The van der Waals surface area contributed by atoms with Crippen molar-refractivity contribution in [3.05, 3.63) is 57.2 Å². The number of benzene rings is 1. The van der Waals surface area contributed by atoms with Crippen molar-refractivity contribution < 1.29 is 33.5 Å². The van der Waals surface area contributed by atoms with Crippen LogP contribution in [0.2, 0.25) is 5.02 Å². The molecule has 5 rings (SSSR count). The second-order valence-corrected chi connectivity index (χ2v) is 16.1. The van der Waals surface area contributed by atoms with Crippen molar-refractivity contribution in [1.29, 1.82) is 0 Å². The van der Waals surface area contributed by atoms with Crippen molar-refractivity contribution >= 4 is 58.2 Å². The highest BCUT2D eigenvalue weighted by atomic mass is 35.5. The van der Waals surface area contributed by atoms with Gasteiger partial charge < -0.3 is 30.4 Å². The fraction of sp³-hybridized carbons (Fsp3) is 0.556. The van der Waals surface area contributed by atoms with Gasteiger partial charge in [0.25, 0.3) is 5.91 Å². The van der Waals surface area contributed by atoms with Gasteiger partial charge in [-0.2, -0.15) is 0 Å². The summed E-state index contributed by atoms with van der Waals surface area (Å²) < 4.78 is 5.64. The Morgan fingerprint density at radius 3 is 2.54 bits per heavy atom. The van der Waals surface area contributed by atoms with Gasteiger partial charge in [-0.05, 0) is 55.2 Å². The molecule has 4 amide bonds. The second-order valence-electron chi connectivity index (χ2n) is 14.6. The zero-order valence-corrected chi connectivity index (χ0v) is 30.7. The number of oxime groups is 1. The van der Waals surface area contributed by atoms with Crippen LogP contribution in [0.3, 0.4) is 0 Å². The number of likely N-dealkylation sites (tertiary alicyclic amines) is 1. The summed E-state index contributed by atoms with van der Waals surface area (Å²) in [5, 5.41) is 15.1. The number of thiophene rings is 1. The molecule has 2 aliphatic heterocycles. The average Bonchev–Trinajstić information content (AvgIpc) is 3.40. The molecule has 5 atom stereocenters. The van der Waals surface area contributed by atoms with E-state index in [0.717, 1.165) is 23.3 Å². The molecular formula is C36H46ClN5O7S. The third-order valence-corrected chi connectivity index (χ3v) is 10.2. The average molecular weight is 728 g/mol. The van der Waals surface area contributed by atoms with Crippen LogP contribution in [0.5, 0.6) is 0 Å². The molecule has 1 saturated carbocycles. The predicted octanol–water partition coefficient (Wildman–Crippen LogP) is 4.77. The fourth-order valence-electron chi connectivity index (χ4n) is 6.32. The molecule has 1 spiro atoms. The van der Waals surface area contributed by atoms with Crippen LogP contribution < -0.4 is 16.0 Å². The van der Waals surface area contributed by atoms with E-state index in [0.29, 0.717) is 23.6 Å². The van der Waals surface area contributed by atoms with Gasteiger partial charge >= 0.3 is 6.09 Å². The number of amides is 4. The first-order valence-corrected chi connectivity index (χ1v) is 18.4. The third-order valence-electron chi connectivity index (χ3n) is 9.08. The van der Waals surface area contributed by atoms with Gasteiger partial charge in [0.1, 0.15) is 18.2 Å². The van der Waals surface area contributed by atoms with Gasteiger partial charge in [0.2, 0.25) is 17.6 Å². The molecule has 2 fully saturated rings. The van der Waals surface area contributed by atoms with Crippen LogP contribution in [-0.2, 0) is 35.2 Å². The van der Waals surface area contributed by atoms with E-state index in [1.54, 1.807) is 36.5 Å². The van der Waals surface area contributed by atoms with E-state index < -0.39 is 64.8 Å². The van der Waals surface area contributed by atoms with Gasteiger partial charge in [-0.1, -0.05) is 69.1 Å². The minimum atomic E-state index is -1.09. The SMILES string of the molecule is CCC[C@H](NC(=O)[C@@H]1C[C@]2(CC(c3cccc(Cl)c3)=NO2)CN1C(=O)[C@@H](NC(=O)OC(C)Cc1cccs1)C(C)(C)C)C(=O)C(=O)NC1CC1. The minimum absolute atomic E-state index is 0.00979. The monoisotopic (exact) mass is 727 g/mol. The first-order valence-electron chi connectivity index (χ1n) is 17.1. The Bertz CT molecular complexity index is 1620. The van der Waals surface area contributed by atoms with Crippen molar-refractivity contribution in [2.75, 3.05) is 6.54 Å². The number of hydrogen-bond acceptors (Lipinski definition) is 9. The lowest BCUT2D eigenvalue weighted by molar-refractivity contribution is -0.144. The normalized spacial score (nSPS) is 21.8. The highest BCUT2D eigenvalue weighted by Gasteiger charge is 2.55. The maximum Gasteiger partial charge on any atom is 0.408 e. The smallest absolute Gasteiger partial charge is 0.408 e. The minimum Gasteiger partial charge on any atom is -0.446 e. The Morgan fingerprint density at radius 2 is 1.90 bits per heavy atom. The number of halogens is 1. The fourth-order valence-corrected chi connectivity index (χ4v) is 7.33. The Labute approximate surface area is 301 Å². The Kier molecular flexibility index (Phi) is 11.6. The van der Waals surface area contributed by atoms with Crippen LogP contribution in [-0.4, -0.2) is 82.6 Å².